The number of aromatic nitrogens is 2. The van der Waals surface area contributed by atoms with Crippen molar-refractivity contribution < 1.29 is 4.79 Å². The van der Waals surface area contributed by atoms with Gasteiger partial charge in [0.1, 0.15) is 0 Å². The van der Waals surface area contributed by atoms with E-state index in [0.717, 1.165) is 5.56 Å². The summed E-state index contributed by atoms with van der Waals surface area (Å²) in [4.78, 5) is 27.7. The van der Waals surface area contributed by atoms with Crippen molar-refractivity contribution >= 4 is 40.6 Å². The second-order valence-electron chi connectivity index (χ2n) is 5.80. The van der Waals surface area contributed by atoms with Gasteiger partial charge in [0.15, 0.2) is 4.77 Å². The Hall–Kier alpha value is -2.44. The lowest BCUT2D eigenvalue weighted by Crippen LogP contribution is -2.27. The summed E-state index contributed by atoms with van der Waals surface area (Å²) in [5, 5.41) is 4.02. The van der Waals surface area contributed by atoms with Crippen molar-refractivity contribution in [2.45, 2.75) is 13.0 Å². The first-order valence-electron chi connectivity index (χ1n) is 7.66. The predicted octanol–water partition coefficient (Wildman–Crippen LogP) is 3.74. The van der Waals surface area contributed by atoms with Gasteiger partial charge in [0.2, 0.25) is 0 Å². The van der Waals surface area contributed by atoms with Gasteiger partial charge in [-0.2, -0.15) is 0 Å². The van der Waals surface area contributed by atoms with E-state index in [0.29, 0.717) is 26.3 Å². The van der Waals surface area contributed by atoms with E-state index >= 15 is 0 Å². The summed E-state index contributed by atoms with van der Waals surface area (Å²) in [6, 6.07) is 12.0. The van der Waals surface area contributed by atoms with Gasteiger partial charge in [-0.05, 0) is 55.0 Å². The fourth-order valence-corrected chi connectivity index (χ4v) is 2.98. The van der Waals surface area contributed by atoms with Crippen LogP contribution in [-0.4, -0.2) is 15.5 Å². The number of H-pyrrole nitrogens is 1. The molecule has 0 saturated carbocycles. The van der Waals surface area contributed by atoms with Gasteiger partial charge in [0.25, 0.3) is 11.5 Å². The van der Waals surface area contributed by atoms with Gasteiger partial charge < -0.3 is 10.3 Å². The molecule has 1 amide bonds. The van der Waals surface area contributed by atoms with Crippen molar-refractivity contribution in [3.05, 3.63) is 73.7 Å². The molecule has 1 aromatic heterocycles. The number of aromatic amines is 1. The molecule has 25 heavy (non-hydrogen) atoms. The number of nitrogens with zero attached hydrogens (tertiary/aromatic N) is 1. The average Bonchev–Trinajstić information content (AvgIpc) is 2.59. The SMILES string of the molecule is C[C@H](NC(=O)c1ccc2c(=O)n(C)c(=S)[nH]c2c1)c1cccc(Cl)c1. The Kier molecular flexibility index (Phi) is 4.74. The van der Waals surface area contributed by atoms with Crippen molar-refractivity contribution in [2.75, 3.05) is 0 Å². The van der Waals surface area contributed by atoms with Crippen LogP contribution in [0.25, 0.3) is 10.9 Å². The van der Waals surface area contributed by atoms with Gasteiger partial charge >= 0.3 is 0 Å². The molecule has 128 valence electrons. The maximum absolute atomic E-state index is 12.5. The molecule has 2 N–H and O–H groups in total. The molecule has 2 aromatic carbocycles. The Morgan fingerprint density at radius 1 is 1.28 bits per heavy atom. The minimum Gasteiger partial charge on any atom is -0.346 e. The maximum atomic E-state index is 12.5. The van der Waals surface area contributed by atoms with Crippen LogP contribution in [0.1, 0.15) is 28.9 Å². The number of nitrogens with one attached hydrogen (secondary N) is 2. The number of hydrogen-bond acceptors (Lipinski definition) is 3. The first kappa shape index (κ1) is 17.4. The molecule has 0 spiro atoms. The number of carbonyl (C=O) groups is 1. The molecule has 3 aromatic rings. The standard InChI is InChI=1S/C18H16ClN3O2S/c1-10(11-4-3-5-13(19)8-11)20-16(23)12-6-7-14-15(9-12)21-18(25)22(2)17(14)24/h3-10H,1-2H3,(H,20,23)(H,21,25)/t10-/m0/s1. The molecule has 7 heteroatoms. The largest absolute Gasteiger partial charge is 0.346 e. The zero-order valence-electron chi connectivity index (χ0n) is 13.7. The lowest BCUT2D eigenvalue weighted by Gasteiger charge is -2.15. The van der Waals surface area contributed by atoms with E-state index in [1.54, 1.807) is 31.3 Å². The number of benzene rings is 2. The van der Waals surface area contributed by atoms with Crippen LogP contribution in [0.15, 0.2) is 47.3 Å². The van der Waals surface area contributed by atoms with Crippen LogP contribution < -0.4 is 10.9 Å². The molecule has 1 heterocycles. The second-order valence-corrected chi connectivity index (χ2v) is 6.63. The van der Waals surface area contributed by atoms with Crippen molar-refractivity contribution in [2.24, 2.45) is 7.05 Å². The highest BCUT2D eigenvalue weighted by atomic mass is 35.5. The molecule has 5 nitrogen and oxygen atoms in total. The van der Waals surface area contributed by atoms with Crippen LogP contribution >= 0.6 is 23.8 Å². The Morgan fingerprint density at radius 3 is 2.76 bits per heavy atom. The quantitative estimate of drug-likeness (QED) is 0.687. The molecule has 0 bridgehead atoms. The van der Waals surface area contributed by atoms with E-state index in [2.05, 4.69) is 10.3 Å². The summed E-state index contributed by atoms with van der Waals surface area (Å²) in [5.41, 5.74) is 1.70. The van der Waals surface area contributed by atoms with Crippen LogP contribution in [0.2, 0.25) is 5.02 Å². The number of halogens is 1. The fraction of sp³-hybridized carbons (Fsp3) is 0.167. The molecule has 0 aliphatic heterocycles. The summed E-state index contributed by atoms with van der Waals surface area (Å²) >= 11 is 11.1. The van der Waals surface area contributed by atoms with Gasteiger partial charge in [-0.15, -0.1) is 0 Å². The molecule has 0 radical (unpaired) electrons. The normalized spacial score (nSPS) is 12.1. The minimum absolute atomic E-state index is 0.196. The van der Waals surface area contributed by atoms with Crippen LogP contribution in [0.3, 0.4) is 0 Å². The molecule has 0 fully saturated rings. The highest BCUT2D eigenvalue weighted by Crippen LogP contribution is 2.18. The highest BCUT2D eigenvalue weighted by Gasteiger charge is 2.13. The van der Waals surface area contributed by atoms with Crippen LogP contribution in [0, 0.1) is 4.77 Å². The third kappa shape index (κ3) is 3.50. The van der Waals surface area contributed by atoms with E-state index in [4.69, 9.17) is 23.8 Å². The Labute approximate surface area is 154 Å². The molecule has 0 aliphatic carbocycles. The van der Waals surface area contributed by atoms with E-state index in [9.17, 15) is 9.59 Å². The average molecular weight is 374 g/mol. The second kappa shape index (κ2) is 6.82. The van der Waals surface area contributed by atoms with Crippen LogP contribution in [-0.2, 0) is 7.05 Å². The van der Waals surface area contributed by atoms with E-state index in [1.165, 1.54) is 4.57 Å². The molecule has 1 atom stereocenters. The minimum atomic E-state index is -0.241. The van der Waals surface area contributed by atoms with Crippen molar-refractivity contribution in [3.8, 4) is 0 Å². The van der Waals surface area contributed by atoms with E-state index in [1.807, 2.05) is 25.1 Å². The Balaban J connectivity index is 1.91. The Bertz CT molecular complexity index is 1090. The molecule has 0 aliphatic rings. The monoisotopic (exact) mass is 373 g/mol. The predicted molar refractivity (Wildman–Crippen MR) is 102 cm³/mol. The zero-order valence-corrected chi connectivity index (χ0v) is 15.2. The number of hydrogen-bond donors (Lipinski definition) is 2. The lowest BCUT2D eigenvalue weighted by molar-refractivity contribution is 0.0940. The molecule has 0 unspecified atom stereocenters. The van der Waals surface area contributed by atoms with Gasteiger partial charge in [0.05, 0.1) is 16.9 Å². The highest BCUT2D eigenvalue weighted by molar-refractivity contribution is 7.71. The number of amides is 1. The van der Waals surface area contributed by atoms with Crippen molar-refractivity contribution in [1.82, 2.24) is 14.9 Å². The number of rotatable bonds is 3. The fourth-order valence-electron chi connectivity index (χ4n) is 2.59. The van der Waals surface area contributed by atoms with Gasteiger partial charge in [-0.1, -0.05) is 23.7 Å². The molecule has 3 rings (SSSR count). The lowest BCUT2D eigenvalue weighted by atomic mass is 10.1. The smallest absolute Gasteiger partial charge is 0.261 e. The summed E-state index contributed by atoms with van der Waals surface area (Å²) in [7, 11) is 1.61. The molecular formula is C18H16ClN3O2S. The summed E-state index contributed by atoms with van der Waals surface area (Å²) in [5.74, 6) is -0.241. The third-order valence-electron chi connectivity index (χ3n) is 4.06. The first-order chi connectivity index (χ1) is 11.9. The van der Waals surface area contributed by atoms with E-state index in [-0.39, 0.29) is 17.5 Å². The topological polar surface area (TPSA) is 66.9 Å². The molecule has 0 saturated heterocycles. The van der Waals surface area contributed by atoms with Crippen molar-refractivity contribution in [3.63, 3.8) is 0 Å². The number of carbonyl (C=O) groups excluding carboxylic acids is 1. The number of fused-ring (bicyclic) bond motifs is 1. The zero-order chi connectivity index (χ0) is 18.1. The van der Waals surface area contributed by atoms with Gasteiger partial charge in [-0.3, -0.25) is 14.2 Å². The first-order valence-corrected chi connectivity index (χ1v) is 8.45. The summed E-state index contributed by atoms with van der Waals surface area (Å²) < 4.78 is 1.67. The Morgan fingerprint density at radius 2 is 2.04 bits per heavy atom. The summed E-state index contributed by atoms with van der Waals surface area (Å²) in [6.07, 6.45) is 0. The summed E-state index contributed by atoms with van der Waals surface area (Å²) in [6.45, 7) is 1.88. The van der Waals surface area contributed by atoms with Crippen LogP contribution in [0.4, 0.5) is 0 Å². The van der Waals surface area contributed by atoms with Gasteiger partial charge in [0, 0.05) is 17.6 Å². The molecular weight excluding hydrogens is 358 g/mol. The maximum Gasteiger partial charge on any atom is 0.261 e. The third-order valence-corrected chi connectivity index (χ3v) is 4.67. The van der Waals surface area contributed by atoms with Crippen molar-refractivity contribution in [1.29, 1.82) is 0 Å². The van der Waals surface area contributed by atoms with E-state index < -0.39 is 0 Å². The van der Waals surface area contributed by atoms with Gasteiger partial charge in [-0.25, -0.2) is 0 Å². The van der Waals surface area contributed by atoms with Crippen LogP contribution in [0.5, 0.6) is 0 Å².